The summed E-state index contributed by atoms with van der Waals surface area (Å²) < 4.78 is 0.944. The van der Waals surface area contributed by atoms with Crippen LogP contribution >= 0.6 is 15.9 Å². The third-order valence-electron chi connectivity index (χ3n) is 1.59. The molecular formula is C9H13BrN2O. The predicted octanol–water partition coefficient (Wildman–Crippen LogP) is 2.03. The van der Waals surface area contributed by atoms with Gasteiger partial charge in [0.15, 0.2) is 0 Å². The number of aliphatic hydroxyl groups excluding tert-OH is 1. The van der Waals surface area contributed by atoms with E-state index in [1.54, 1.807) is 6.20 Å². The van der Waals surface area contributed by atoms with Crippen LogP contribution in [0.25, 0.3) is 0 Å². The van der Waals surface area contributed by atoms with Gasteiger partial charge in [-0.2, -0.15) is 0 Å². The number of pyridine rings is 1. The topological polar surface area (TPSA) is 45.1 Å². The molecule has 72 valence electrons. The van der Waals surface area contributed by atoms with Gasteiger partial charge in [-0.15, -0.1) is 0 Å². The summed E-state index contributed by atoms with van der Waals surface area (Å²) in [5.74, 6) is 0.766. The molecule has 0 aromatic carbocycles. The van der Waals surface area contributed by atoms with Gasteiger partial charge in [-0.1, -0.05) is 0 Å². The molecule has 1 aromatic heterocycles. The summed E-state index contributed by atoms with van der Waals surface area (Å²) in [5.41, 5.74) is -0.333. The van der Waals surface area contributed by atoms with Gasteiger partial charge in [0.05, 0.1) is 12.1 Å². The first kappa shape index (κ1) is 10.5. The zero-order valence-corrected chi connectivity index (χ0v) is 9.30. The van der Waals surface area contributed by atoms with E-state index < -0.39 is 0 Å². The Balaban J connectivity index is 2.69. The van der Waals surface area contributed by atoms with Gasteiger partial charge in [-0.05, 0) is 41.9 Å². The van der Waals surface area contributed by atoms with Crippen molar-refractivity contribution in [3.05, 3.63) is 22.8 Å². The summed E-state index contributed by atoms with van der Waals surface area (Å²) in [6, 6.07) is 3.77. The second-order valence-corrected chi connectivity index (χ2v) is 4.44. The number of hydrogen-bond donors (Lipinski definition) is 2. The number of aromatic nitrogens is 1. The smallest absolute Gasteiger partial charge is 0.126 e. The minimum Gasteiger partial charge on any atom is -0.394 e. The van der Waals surface area contributed by atoms with Crippen molar-refractivity contribution in [2.45, 2.75) is 19.4 Å². The molecule has 4 heteroatoms. The Kier molecular flexibility index (Phi) is 3.27. The summed E-state index contributed by atoms with van der Waals surface area (Å²) >= 11 is 3.30. The van der Waals surface area contributed by atoms with Crippen molar-refractivity contribution >= 4 is 21.7 Å². The standard InChI is InChI=1S/C9H13BrN2O/c1-9(2,6-13)12-8-4-3-7(10)5-11-8/h3-5,13H,6H2,1-2H3,(H,11,12). The lowest BCUT2D eigenvalue weighted by atomic mass is 10.1. The molecule has 0 aliphatic carbocycles. The fourth-order valence-electron chi connectivity index (χ4n) is 0.836. The maximum absolute atomic E-state index is 9.01. The quantitative estimate of drug-likeness (QED) is 0.856. The molecule has 0 radical (unpaired) electrons. The largest absolute Gasteiger partial charge is 0.394 e. The van der Waals surface area contributed by atoms with E-state index >= 15 is 0 Å². The summed E-state index contributed by atoms with van der Waals surface area (Å²) in [7, 11) is 0. The number of anilines is 1. The van der Waals surface area contributed by atoms with E-state index in [1.807, 2.05) is 26.0 Å². The molecule has 1 heterocycles. The van der Waals surface area contributed by atoms with Crippen molar-refractivity contribution in [2.75, 3.05) is 11.9 Å². The van der Waals surface area contributed by atoms with Crippen LogP contribution in [0.3, 0.4) is 0 Å². The number of hydrogen-bond acceptors (Lipinski definition) is 3. The number of aliphatic hydroxyl groups is 1. The van der Waals surface area contributed by atoms with Crippen molar-refractivity contribution in [3.8, 4) is 0 Å². The normalized spacial score (nSPS) is 11.4. The Morgan fingerprint density at radius 3 is 2.69 bits per heavy atom. The Morgan fingerprint density at radius 1 is 1.54 bits per heavy atom. The van der Waals surface area contributed by atoms with Crippen LogP contribution < -0.4 is 5.32 Å². The summed E-state index contributed by atoms with van der Waals surface area (Å²) in [6.07, 6.45) is 1.72. The molecule has 0 aliphatic heterocycles. The third kappa shape index (κ3) is 3.32. The number of halogens is 1. The fourth-order valence-corrected chi connectivity index (χ4v) is 1.07. The molecule has 0 spiro atoms. The molecule has 0 amide bonds. The van der Waals surface area contributed by atoms with Gasteiger partial charge < -0.3 is 10.4 Å². The molecule has 2 N–H and O–H groups in total. The Hall–Kier alpha value is -0.610. The second kappa shape index (κ2) is 4.07. The van der Waals surface area contributed by atoms with Crippen molar-refractivity contribution in [2.24, 2.45) is 0 Å². The van der Waals surface area contributed by atoms with E-state index in [0.29, 0.717) is 0 Å². The van der Waals surface area contributed by atoms with Gasteiger partial charge in [-0.3, -0.25) is 0 Å². The molecule has 1 rings (SSSR count). The zero-order chi connectivity index (χ0) is 9.90. The summed E-state index contributed by atoms with van der Waals surface area (Å²) in [6.45, 7) is 3.90. The number of nitrogens with zero attached hydrogens (tertiary/aromatic N) is 1. The Labute approximate surface area is 86.3 Å². The SMILES string of the molecule is CC(C)(CO)Nc1ccc(Br)cn1. The second-order valence-electron chi connectivity index (χ2n) is 3.53. The number of rotatable bonds is 3. The third-order valence-corrected chi connectivity index (χ3v) is 2.06. The minimum atomic E-state index is -0.333. The molecule has 0 bridgehead atoms. The molecule has 0 saturated heterocycles. The first-order valence-corrected chi connectivity index (χ1v) is 4.83. The maximum Gasteiger partial charge on any atom is 0.126 e. The van der Waals surface area contributed by atoms with Crippen LogP contribution in [0.4, 0.5) is 5.82 Å². The van der Waals surface area contributed by atoms with E-state index in [4.69, 9.17) is 5.11 Å². The van der Waals surface area contributed by atoms with E-state index in [-0.39, 0.29) is 12.1 Å². The maximum atomic E-state index is 9.01. The molecule has 13 heavy (non-hydrogen) atoms. The lowest BCUT2D eigenvalue weighted by molar-refractivity contribution is 0.234. The highest BCUT2D eigenvalue weighted by Crippen LogP contribution is 2.14. The van der Waals surface area contributed by atoms with Gasteiger partial charge in [0.2, 0.25) is 0 Å². The van der Waals surface area contributed by atoms with Crippen LogP contribution in [0.15, 0.2) is 22.8 Å². The average molecular weight is 245 g/mol. The van der Waals surface area contributed by atoms with E-state index in [1.165, 1.54) is 0 Å². The van der Waals surface area contributed by atoms with Crippen LogP contribution in [-0.4, -0.2) is 22.2 Å². The van der Waals surface area contributed by atoms with E-state index in [2.05, 4.69) is 26.2 Å². The summed E-state index contributed by atoms with van der Waals surface area (Å²) in [5, 5.41) is 12.1. The van der Waals surface area contributed by atoms with E-state index in [0.717, 1.165) is 10.3 Å². The van der Waals surface area contributed by atoms with Gasteiger partial charge in [0.1, 0.15) is 5.82 Å². The zero-order valence-electron chi connectivity index (χ0n) is 7.71. The lowest BCUT2D eigenvalue weighted by Gasteiger charge is -2.23. The van der Waals surface area contributed by atoms with Crippen LogP contribution in [0.2, 0.25) is 0 Å². The lowest BCUT2D eigenvalue weighted by Crippen LogP contribution is -2.35. The molecule has 0 fully saturated rings. The summed E-state index contributed by atoms with van der Waals surface area (Å²) in [4.78, 5) is 4.14. The van der Waals surface area contributed by atoms with Crippen LogP contribution in [0, 0.1) is 0 Å². The van der Waals surface area contributed by atoms with Crippen molar-refractivity contribution in [1.82, 2.24) is 4.98 Å². The average Bonchev–Trinajstić information content (AvgIpc) is 2.09. The van der Waals surface area contributed by atoms with E-state index in [9.17, 15) is 0 Å². The first-order chi connectivity index (χ1) is 6.03. The van der Waals surface area contributed by atoms with Crippen LogP contribution in [0.5, 0.6) is 0 Å². The van der Waals surface area contributed by atoms with Crippen LogP contribution in [0.1, 0.15) is 13.8 Å². The van der Waals surface area contributed by atoms with Crippen LogP contribution in [-0.2, 0) is 0 Å². The minimum absolute atomic E-state index is 0.0742. The molecule has 0 unspecified atom stereocenters. The molecular weight excluding hydrogens is 232 g/mol. The highest BCUT2D eigenvalue weighted by molar-refractivity contribution is 9.10. The number of nitrogens with one attached hydrogen (secondary N) is 1. The Morgan fingerprint density at radius 2 is 2.23 bits per heavy atom. The first-order valence-electron chi connectivity index (χ1n) is 4.04. The highest BCUT2D eigenvalue weighted by atomic mass is 79.9. The fraction of sp³-hybridized carbons (Fsp3) is 0.444. The van der Waals surface area contributed by atoms with Gasteiger partial charge in [0, 0.05) is 10.7 Å². The van der Waals surface area contributed by atoms with Crippen molar-refractivity contribution in [1.29, 1.82) is 0 Å². The molecule has 1 aromatic rings. The molecule has 0 saturated carbocycles. The van der Waals surface area contributed by atoms with Gasteiger partial charge >= 0.3 is 0 Å². The molecule has 0 atom stereocenters. The van der Waals surface area contributed by atoms with Crippen molar-refractivity contribution < 1.29 is 5.11 Å². The Bertz CT molecular complexity index is 271. The predicted molar refractivity (Wildman–Crippen MR) is 56.7 cm³/mol. The van der Waals surface area contributed by atoms with Gasteiger partial charge in [-0.25, -0.2) is 4.98 Å². The monoisotopic (exact) mass is 244 g/mol. The van der Waals surface area contributed by atoms with Crippen molar-refractivity contribution in [3.63, 3.8) is 0 Å². The molecule has 3 nitrogen and oxygen atoms in total. The van der Waals surface area contributed by atoms with Gasteiger partial charge in [0.25, 0.3) is 0 Å². The highest BCUT2D eigenvalue weighted by Gasteiger charge is 2.15. The molecule has 0 aliphatic rings.